The number of carbonyl (C=O) groups excluding carboxylic acids is 2. The lowest BCUT2D eigenvalue weighted by Gasteiger charge is -2.07. The van der Waals surface area contributed by atoms with Crippen LogP contribution in [0.5, 0.6) is 5.75 Å². The summed E-state index contributed by atoms with van der Waals surface area (Å²) in [5, 5.41) is 11.4. The molecule has 37 heavy (non-hydrogen) atoms. The van der Waals surface area contributed by atoms with E-state index < -0.39 is 5.91 Å². The molecule has 2 N–H and O–H groups in total. The zero-order valence-electron chi connectivity index (χ0n) is 20.8. The number of hydrogen-bond acceptors (Lipinski definition) is 5. The third kappa shape index (κ3) is 6.91. The maximum atomic E-state index is 12.4. The van der Waals surface area contributed by atoms with Crippen LogP contribution in [0.4, 0.5) is 0 Å². The van der Waals surface area contributed by atoms with Gasteiger partial charge >= 0.3 is 0 Å². The van der Waals surface area contributed by atoms with Crippen LogP contribution in [0.1, 0.15) is 34.8 Å². The zero-order valence-corrected chi connectivity index (χ0v) is 20.8. The third-order valence-corrected chi connectivity index (χ3v) is 5.48. The summed E-state index contributed by atoms with van der Waals surface area (Å²) in [6, 6.07) is 24.6. The average Bonchev–Trinajstić information content (AvgIpc) is 3.36. The first kappa shape index (κ1) is 25.4. The van der Waals surface area contributed by atoms with E-state index in [1.54, 1.807) is 35.2 Å². The summed E-state index contributed by atoms with van der Waals surface area (Å²) < 4.78 is 7.29. The molecule has 0 aliphatic rings. The monoisotopic (exact) mass is 495 g/mol. The Kier molecular flexibility index (Phi) is 8.44. The van der Waals surface area contributed by atoms with Crippen molar-refractivity contribution in [3.8, 4) is 22.7 Å². The number of amides is 2. The Bertz CT molecular complexity index is 1360. The highest BCUT2D eigenvalue weighted by atomic mass is 16.5. The lowest BCUT2D eigenvalue weighted by atomic mass is 10.1. The molecule has 0 fully saturated rings. The summed E-state index contributed by atoms with van der Waals surface area (Å²) in [6.45, 7) is 4.46. The zero-order chi connectivity index (χ0) is 26.0. The van der Waals surface area contributed by atoms with Crippen LogP contribution in [0.15, 0.2) is 90.2 Å². The normalized spacial score (nSPS) is 10.9. The number of rotatable bonds is 10. The molecule has 1 heterocycles. The number of benzene rings is 3. The van der Waals surface area contributed by atoms with Crippen molar-refractivity contribution in [2.24, 2.45) is 5.10 Å². The van der Waals surface area contributed by atoms with E-state index in [2.05, 4.69) is 15.8 Å². The molecule has 0 aliphatic heterocycles. The summed E-state index contributed by atoms with van der Waals surface area (Å²) in [4.78, 5) is 24.6. The summed E-state index contributed by atoms with van der Waals surface area (Å²) in [7, 11) is 0. The van der Waals surface area contributed by atoms with Gasteiger partial charge in [-0.3, -0.25) is 9.59 Å². The van der Waals surface area contributed by atoms with Gasteiger partial charge in [0.1, 0.15) is 11.4 Å². The van der Waals surface area contributed by atoms with Gasteiger partial charge in [-0.25, -0.2) is 10.1 Å². The number of ether oxygens (including phenoxy) is 1. The molecular weight excluding hydrogens is 466 g/mol. The van der Waals surface area contributed by atoms with Gasteiger partial charge in [0, 0.05) is 22.9 Å². The number of hydrazone groups is 1. The lowest BCUT2D eigenvalue weighted by molar-refractivity contribution is -0.120. The van der Waals surface area contributed by atoms with Gasteiger partial charge in [0.2, 0.25) is 0 Å². The number of hydrogen-bond donors (Lipinski definition) is 2. The van der Waals surface area contributed by atoms with E-state index in [9.17, 15) is 9.59 Å². The number of aromatic nitrogens is 2. The molecule has 0 saturated heterocycles. The first-order valence-electron chi connectivity index (χ1n) is 12.1. The molecule has 8 nitrogen and oxygen atoms in total. The highest BCUT2D eigenvalue weighted by Gasteiger charge is 2.12. The van der Waals surface area contributed by atoms with Crippen molar-refractivity contribution in [3.63, 3.8) is 0 Å². The molecule has 8 heteroatoms. The van der Waals surface area contributed by atoms with Crippen molar-refractivity contribution in [2.45, 2.75) is 20.3 Å². The van der Waals surface area contributed by atoms with Crippen molar-refractivity contribution in [1.82, 2.24) is 20.5 Å². The maximum absolute atomic E-state index is 12.4. The van der Waals surface area contributed by atoms with E-state index in [1.807, 2.05) is 74.6 Å². The Labute approximate surface area is 216 Å². The molecule has 4 rings (SSSR count). The molecule has 0 bridgehead atoms. The van der Waals surface area contributed by atoms with Gasteiger partial charge < -0.3 is 10.1 Å². The van der Waals surface area contributed by atoms with Crippen molar-refractivity contribution in [1.29, 1.82) is 0 Å². The fraction of sp³-hybridized carbons (Fsp3) is 0.172. The first-order valence-corrected chi connectivity index (χ1v) is 12.1. The predicted octanol–water partition coefficient (Wildman–Crippen LogP) is 4.52. The Morgan fingerprint density at radius 1 is 1.00 bits per heavy atom. The van der Waals surface area contributed by atoms with Crippen LogP contribution in [0, 0.1) is 6.92 Å². The minimum Gasteiger partial charge on any atom is -0.494 e. The fourth-order valence-electron chi connectivity index (χ4n) is 3.53. The number of para-hydroxylation sites is 1. The summed E-state index contributed by atoms with van der Waals surface area (Å²) >= 11 is 0. The smallest absolute Gasteiger partial charge is 0.259 e. The van der Waals surface area contributed by atoms with Gasteiger partial charge in [-0.15, -0.1) is 0 Å². The molecular formula is C29H29N5O3. The van der Waals surface area contributed by atoms with E-state index in [4.69, 9.17) is 9.84 Å². The Morgan fingerprint density at radius 2 is 1.73 bits per heavy atom. The van der Waals surface area contributed by atoms with Gasteiger partial charge in [0.15, 0.2) is 0 Å². The van der Waals surface area contributed by atoms with E-state index in [0.29, 0.717) is 17.9 Å². The summed E-state index contributed by atoms with van der Waals surface area (Å²) in [5.41, 5.74) is 7.38. The maximum Gasteiger partial charge on any atom is 0.259 e. The SMILES string of the molecule is CCCOc1ccc(C(=O)NCC(=O)N/N=C\c2cn(-c3ccccc3)nc2-c2ccc(C)cc2)cc1. The molecule has 0 atom stereocenters. The number of aryl methyl sites for hydroxylation is 1. The Morgan fingerprint density at radius 3 is 2.43 bits per heavy atom. The van der Waals surface area contributed by atoms with Gasteiger partial charge in [-0.2, -0.15) is 10.2 Å². The highest BCUT2D eigenvalue weighted by molar-refractivity contribution is 5.96. The predicted molar refractivity (Wildman–Crippen MR) is 144 cm³/mol. The van der Waals surface area contributed by atoms with Crippen LogP contribution < -0.4 is 15.5 Å². The molecule has 3 aromatic carbocycles. The van der Waals surface area contributed by atoms with Crippen LogP contribution in [0.25, 0.3) is 16.9 Å². The molecule has 0 unspecified atom stereocenters. The molecule has 0 saturated carbocycles. The summed E-state index contributed by atoms with van der Waals surface area (Å²) in [6.07, 6.45) is 4.31. The average molecular weight is 496 g/mol. The van der Waals surface area contributed by atoms with E-state index in [0.717, 1.165) is 34.5 Å². The van der Waals surface area contributed by atoms with Crippen LogP contribution >= 0.6 is 0 Å². The molecule has 1 aromatic heterocycles. The standard InChI is InChI=1S/C29H29N5O3/c1-3-17-37-26-15-13-23(14-16-26)29(36)30-19-27(35)32-31-18-24-20-34(25-7-5-4-6-8-25)33-28(24)22-11-9-21(2)10-12-22/h4-16,18,20H,3,17,19H2,1-2H3,(H,30,36)(H,32,35)/b31-18-. The Hall–Kier alpha value is -4.72. The minimum atomic E-state index is -0.445. The van der Waals surface area contributed by atoms with Gasteiger partial charge in [-0.05, 0) is 49.7 Å². The van der Waals surface area contributed by atoms with Crippen molar-refractivity contribution in [3.05, 3.63) is 102 Å². The van der Waals surface area contributed by atoms with Crippen LogP contribution in [-0.4, -0.2) is 41.0 Å². The number of nitrogens with zero attached hydrogens (tertiary/aromatic N) is 3. The molecule has 0 aliphatic carbocycles. The largest absolute Gasteiger partial charge is 0.494 e. The topological polar surface area (TPSA) is 97.6 Å². The van der Waals surface area contributed by atoms with E-state index in [-0.39, 0.29) is 12.5 Å². The van der Waals surface area contributed by atoms with Crippen molar-refractivity contribution < 1.29 is 14.3 Å². The molecule has 4 aromatic rings. The van der Waals surface area contributed by atoms with Crippen molar-refractivity contribution in [2.75, 3.05) is 13.2 Å². The van der Waals surface area contributed by atoms with Gasteiger partial charge in [-0.1, -0.05) is 55.0 Å². The van der Waals surface area contributed by atoms with Gasteiger partial charge in [0.05, 0.1) is 25.1 Å². The second-order valence-corrected chi connectivity index (χ2v) is 8.43. The van der Waals surface area contributed by atoms with Crippen molar-refractivity contribution >= 4 is 18.0 Å². The third-order valence-electron chi connectivity index (χ3n) is 5.48. The lowest BCUT2D eigenvalue weighted by Crippen LogP contribution is -2.34. The van der Waals surface area contributed by atoms with Crippen LogP contribution in [-0.2, 0) is 4.79 Å². The van der Waals surface area contributed by atoms with E-state index >= 15 is 0 Å². The number of carbonyl (C=O) groups is 2. The molecule has 0 radical (unpaired) electrons. The highest BCUT2D eigenvalue weighted by Crippen LogP contribution is 2.23. The van der Waals surface area contributed by atoms with Gasteiger partial charge in [0.25, 0.3) is 11.8 Å². The molecule has 0 spiro atoms. The molecule has 2 amide bonds. The Balaban J connectivity index is 1.39. The van der Waals surface area contributed by atoms with Crippen LogP contribution in [0.2, 0.25) is 0 Å². The second-order valence-electron chi connectivity index (χ2n) is 8.43. The fourth-order valence-corrected chi connectivity index (χ4v) is 3.53. The van der Waals surface area contributed by atoms with Crippen LogP contribution in [0.3, 0.4) is 0 Å². The minimum absolute atomic E-state index is 0.210. The molecule has 188 valence electrons. The summed E-state index contributed by atoms with van der Waals surface area (Å²) in [5.74, 6) is -0.0992. The number of nitrogens with one attached hydrogen (secondary N) is 2. The van der Waals surface area contributed by atoms with E-state index in [1.165, 1.54) is 0 Å². The quantitative estimate of drug-likeness (QED) is 0.250. The first-order chi connectivity index (χ1) is 18.0. The second kappa shape index (κ2) is 12.3.